The minimum atomic E-state index is -0.690. The molecule has 1 aromatic carbocycles. The second-order valence-electron chi connectivity index (χ2n) is 6.32. The van der Waals surface area contributed by atoms with E-state index < -0.39 is 5.76 Å². The molecule has 3 heterocycles. The van der Waals surface area contributed by atoms with Crippen LogP contribution in [-0.4, -0.2) is 26.4 Å². The summed E-state index contributed by atoms with van der Waals surface area (Å²) in [5, 5.41) is 10.8. The lowest BCUT2D eigenvalue weighted by Crippen LogP contribution is -2.31. The Kier molecular flexibility index (Phi) is 6.10. The van der Waals surface area contributed by atoms with Gasteiger partial charge >= 0.3 is 5.76 Å². The maximum absolute atomic E-state index is 12.4. The van der Waals surface area contributed by atoms with Crippen molar-refractivity contribution in [1.29, 1.82) is 0 Å². The standard InChI is InChI=1S/C21H18N4O3S2/c1-2-10-29-20-16(7-5-9-22-20)19-24-25(21(27)28-19)12-18(26)23-11-14-13-30-17-8-4-3-6-15(14)17/h2-9,13H,1,10-12H2,(H,23,26). The first-order chi connectivity index (χ1) is 14.7. The third-order valence-corrected chi connectivity index (χ3v) is 6.29. The number of pyridine rings is 1. The molecule has 0 saturated carbocycles. The number of nitrogens with zero attached hydrogens (tertiary/aromatic N) is 3. The molecular formula is C21H18N4O3S2. The van der Waals surface area contributed by atoms with Crippen LogP contribution >= 0.6 is 23.1 Å². The number of nitrogens with one attached hydrogen (secondary N) is 1. The zero-order valence-electron chi connectivity index (χ0n) is 15.9. The minimum absolute atomic E-state index is 0.135. The van der Waals surface area contributed by atoms with Gasteiger partial charge in [0.15, 0.2) is 0 Å². The number of amides is 1. The van der Waals surface area contributed by atoms with Crippen LogP contribution in [0.1, 0.15) is 5.56 Å². The number of benzene rings is 1. The van der Waals surface area contributed by atoms with Gasteiger partial charge in [0.1, 0.15) is 11.6 Å². The van der Waals surface area contributed by atoms with Gasteiger partial charge in [0.25, 0.3) is 5.89 Å². The van der Waals surface area contributed by atoms with Gasteiger partial charge in [-0.25, -0.2) is 9.78 Å². The summed E-state index contributed by atoms with van der Waals surface area (Å²) in [6, 6.07) is 11.5. The third kappa shape index (κ3) is 4.37. The number of thioether (sulfide) groups is 1. The molecule has 0 aliphatic carbocycles. The van der Waals surface area contributed by atoms with Gasteiger partial charge in [-0.2, -0.15) is 4.68 Å². The Labute approximate surface area is 180 Å². The van der Waals surface area contributed by atoms with Gasteiger partial charge in [-0.05, 0) is 34.5 Å². The number of carbonyl (C=O) groups is 1. The van der Waals surface area contributed by atoms with Crippen LogP contribution in [0.3, 0.4) is 0 Å². The molecule has 0 atom stereocenters. The average molecular weight is 439 g/mol. The first kappa shape index (κ1) is 20.1. The summed E-state index contributed by atoms with van der Waals surface area (Å²) in [6.07, 6.45) is 3.42. The fourth-order valence-electron chi connectivity index (χ4n) is 2.88. The normalized spacial score (nSPS) is 10.9. The van der Waals surface area contributed by atoms with Crippen molar-refractivity contribution < 1.29 is 9.21 Å². The molecule has 0 spiro atoms. The maximum atomic E-state index is 12.4. The van der Waals surface area contributed by atoms with E-state index in [2.05, 4.69) is 22.0 Å². The Morgan fingerprint density at radius 3 is 3.03 bits per heavy atom. The van der Waals surface area contributed by atoms with E-state index in [1.807, 2.05) is 29.6 Å². The predicted octanol–water partition coefficient (Wildman–Crippen LogP) is 3.71. The van der Waals surface area contributed by atoms with Crippen molar-refractivity contribution in [3.8, 4) is 11.5 Å². The van der Waals surface area contributed by atoms with Gasteiger partial charge < -0.3 is 9.73 Å². The number of hydrogen-bond acceptors (Lipinski definition) is 7. The lowest BCUT2D eigenvalue weighted by Gasteiger charge is -2.04. The third-order valence-electron chi connectivity index (χ3n) is 4.28. The summed E-state index contributed by atoms with van der Waals surface area (Å²) in [6.45, 7) is 3.86. The molecule has 0 radical (unpaired) electrons. The molecule has 9 heteroatoms. The number of fused-ring (bicyclic) bond motifs is 1. The molecule has 30 heavy (non-hydrogen) atoms. The van der Waals surface area contributed by atoms with Crippen molar-refractivity contribution in [2.75, 3.05) is 5.75 Å². The van der Waals surface area contributed by atoms with Crippen molar-refractivity contribution in [3.05, 3.63) is 76.7 Å². The molecule has 0 aliphatic heterocycles. The molecule has 0 saturated heterocycles. The largest absolute Gasteiger partial charge is 0.437 e. The molecule has 0 aliphatic rings. The number of rotatable bonds is 8. The summed E-state index contributed by atoms with van der Waals surface area (Å²) >= 11 is 3.09. The van der Waals surface area contributed by atoms with E-state index in [1.54, 1.807) is 35.7 Å². The second kappa shape index (κ2) is 9.10. The smallest absolute Gasteiger partial charge is 0.387 e. The average Bonchev–Trinajstić information content (AvgIpc) is 3.34. The molecule has 3 aromatic heterocycles. The van der Waals surface area contributed by atoms with E-state index in [4.69, 9.17) is 4.42 Å². The van der Waals surface area contributed by atoms with Crippen LogP contribution in [0.25, 0.3) is 21.5 Å². The molecule has 1 N–H and O–H groups in total. The van der Waals surface area contributed by atoms with E-state index in [-0.39, 0.29) is 18.3 Å². The number of hydrogen-bond donors (Lipinski definition) is 1. The fourth-order valence-corrected chi connectivity index (χ4v) is 4.56. The highest BCUT2D eigenvalue weighted by Crippen LogP contribution is 2.28. The Hall–Kier alpha value is -3.17. The Balaban J connectivity index is 1.46. The van der Waals surface area contributed by atoms with E-state index in [9.17, 15) is 9.59 Å². The number of carbonyl (C=O) groups excluding carboxylic acids is 1. The lowest BCUT2D eigenvalue weighted by atomic mass is 10.2. The topological polar surface area (TPSA) is 90.0 Å². The molecule has 4 rings (SSSR count). The molecule has 0 bridgehead atoms. The minimum Gasteiger partial charge on any atom is -0.387 e. The van der Waals surface area contributed by atoms with Crippen LogP contribution in [0.15, 0.2) is 74.9 Å². The highest BCUT2D eigenvalue weighted by atomic mass is 32.2. The maximum Gasteiger partial charge on any atom is 0.437 e. The van der Waals surface area contributed by atoms with Crippen LogP contribution in [0.4, 0.5) is 0 Å². The molecule has 0 unspecified atom stereocenters. The molecule has 0 fully saturated rings. The van der Waals surface area contributed by atoms with E-state index in [0.717, 1.165) is 15.6 Å². The van der Waals surface area contributed by atoms with Crippen molar-refractivity contribution in [2.45, 2.75) is 18.1 Å². The van der Waals surface area contributed by atoms with Crippen LogP contribution in [-0.2, 0) is 17.9 Å². The molecule has 4 aromatic rings. The quantitative estimate of drug-likeness (QED) is 0.333. The summed E-state index contributed by atoms with van der Waals surface area (Å²) in [4.78, 5) is 28.9. The van der Waals surface area contributed by atoms with Gasteiger partial charge in [0.05, 0.1) is 5.56 Å². The monoisotopic (exact) mass is 438 g/mol. The zero-order valence-corrected chi connectivity index (χ0v) is 17.5. The summed E-state index contributed by atoms with van der Waals surface area (Å²) < 4.78 is 7.46. The van der Waals surface area contributed by atoms with Crippen LogP contribution in [0.5, 0.6) is 0 Å². The van der Waals surface area contributed by atoms with Crippen LogP contribution < -0.4 is 11.1 Å². The molecular weight excluding hydrogens is 420 g/mol. The Bertz CT molecular complexity index is 1260. The molecule has 152 valence electrons. The van der Waals surface area contributed by atoms with Crippen molar-refractivity contribution in [2.24, 2.45) is 0 Å². The number of thiophene rings is 1. The predicted molar refractivity (Wildman–Crippen MR) is 119 cm³/mol. The van der Waals surface area contributed by atoms with E-state index >= 15 is 0 Å². The Morgan fingerprint density at radius 2 is 2.17 bits per heavy atom. The Morgan fingerprint density at radius 1 is 1.30 bits per heavy atom. The van der Waals surface area contributed by atoms with Crippen molar-refractivity contribution >= 4 is 39.1 Å². The SMILES string of the molecule is C=CCSc1ncccc1-c1nn(CC(=O)NCc2csc3ccccc23)c(=O)o1. The van der Waals surface area contributed by atoms with Crippen molar-refractivity contribution in [3.63, 3.8) is 0 Å². The summed E-state index contributed by atoms with van der Waals surface area (Å²) in [5.41, 5.74) is 1.64. The van der Waals surface area contributed by atoms with Crippen molar-refractivity contribution in [1.82, 2.24) is 20.1 Å². The van der Waals surface area contributed by atoms with E-state index in [1.165, 1.54) is 16.5 Å². The van der Waals surface area contributed by atoms with Gasteiger partial charge in [-0.1, -0.05) is 24.3 Å². The first-order valence-corrected chi connectivity index (χ1v) is 11.0. The van der Waals surface area contributed by atoms with Crippen LogP contribution in [0.2, 0.25) is 0 Å². The molecule has 1 amide bonds. The van der Waals surface area contributed by atoms with Crippen LogP contribution in [0, 0.1) is 0 Å². The summed E-state index contributed by atoms with van der Waals surface area (Å²) in [7, 11) is 0. The lowest BCUT2D eigenvalue weighted by molar-refractivity contribution is -0.122. The van der Waals surface area contributed by atoms with E-state index in [0.29, 0.717) is 22.9 Å². The molecule has 7 nitrogen and oxygen atoms in total. The van der Waals surface area contributed by atoms with Gasteiger partial charge in [-0.15, -0.1) is 34.8 Å². The van der Waals surface area contributed by atoms with Gasteiger partial charge in [-0.3, -0.25) is 4.79 Å². The first-order valence-electron chi connectivity index (χ1n) is 9.14. The number of aromatic nitrogens is 3. The summed E-state index contributed by atoms with van der Waals surface area (Å²) in [5.74, 6) is -0.213. The van der Waals surface area contributed by atoms with Gasteiger partial charge in [0.2, 0.25) is 5.91 Å². The second-order valence-corrected chi connectivity index (χ2v) is 8.24. The van der Waals surface area contributed by atoms with Gasteiger partial charge in [0, 0.05) is 23.2 Å². The highest BCUT2D eigenvalue weighted by molar-refractivity contribution is 7.99. The zero-order chi connectivity index (χ0) is 20.9. The fraction of sp³-hybridized carbons (Fsp3) is 0.143. The highest BCUT2D eigenvalue weighted by Gasteiger charge is 2.17.